The zero-order valence-corrected chi connectivity index (χ0v) is 12.9. The SMILES string of the molecule is CN(CC(=O)Nc1ccccc1C(F)(F)F)Cc1cccc(F)c1. The van der Waals surface area contributed by atoms with Gasteiger partial charge >= 0.3 is 6.18 Å². The molecule has 0 bridgehead atoms. The molecule has 128 valence electrons. The van der Waals surface area contributed by atoms with Crippen molar-refractivity contribution in [3.63, 3.8) is 0 Å². The minimum Gasteiger partial charge on any atom is -0.324 e. The van der Waals surface area contributed by atoms with E-state index in [0.29, 0.717) is 12.1 Å². The number of likely N-dealkylation sites (N-methyl/N-ethyl adjacent to an activating group) is 1. The van der Waals surface area contributed by atoms with Gasteiger partial charge in [-0.3, -0.25) is 9.69 Å². The van der Waals surface area contributed by atoms with Crippen molar-refractivity contribution in [2.75, 3.05) is 18.9 Å². The third kappa shape index (κ3) is 5.06. The second-order valence-electron chi connectivity index (χ2n) is 5.39. The van der Waals surface area contributed by atoms with E-state index in [2.05, 4.69) is 5.32 Å². The van der Waals surface area contributed by atoms with E-state index >= 15 is 0 Å². The van der Waals surface area contributed by atoms with Crippen LogP contribution in [0.15, 0.2) is 48.5 Å². The van der Waals surface area contributed by atoms with Crippen LogP contribution in [0.1, 0.15) is 11.1 Å². The fourth-order valence-electron chi connectivity index (χ4n) is 2.28. The number of nitrogens with one attached hydrogen (secondary N) is 1. The Kier molecular flexibility index (Phi) is 5.56. The summed E-state index contributed by atoms with van der Waals surface area (Å²) in [5, 5.41) is 2.27. The molecule has 1 amide bonds. The number of anilines is 1. The zero-order valence-electron chi connectivity index (χ0n) is 12.9. The van der Waals surface area contributed by atoms with Gasteiger partial charge in [0, 0.05) is 6.54 Å². The molecular formula is C17H16F4N2O. The zero-order chi connectivity index (χ0) is 17.7. The predicted octanol–water partition coefficient (Wildman–Crippen LogP) is 3.92. The predicted molar refractivity (Wildman–Crippen MR) is 82.8 cm³/mol. The van der Waals surface area contributed by atoms with Crippen molar-refractivity contribution < 1.29 is 22.4 Å². The molecule has 0 aromatic heterocycles. The molecule has 0 fully saturated rings. The first-order valence-electron chi connectivity index (χ1n) is 7.15. The van der Waals surface area contributed by atoms with Gasteiger partial charge in [0.25, 0.3) is 0 Å². The lowest BCUT2D eigenvalue weighted by Gasteiger charge is -2.18. The number of hydrogen-bond donors (Lipinski definition) is 1. The van der Waals surface area contributed by atoms with Crippen LogP contribution in [0.25, 0.3) is 0 Å². The van der Waals surface area contributed by atoms with Gasteiger partial charge in [-0.25, -0.2) is 4.39 Å². The fraction of sp³-hybridized carbons (Fsp3) is 0.235. The van der Waals surface area contributed by atoms with Gasteiger partial charge in [-0.1, -0.05) is 24.3 Å². The first-order valence-corrected chi connectivity index (χ1v) is 7.15. The number of benzene rings is 2. The summed E-state index contributed by atoms with van der Waals surface area (Å²) in [4.78, 5) is 13.5. The molecule has 0 spiro atoms. The Bertz CT molecular complexity index is 716. The Labute approximate surface area is 136 Å². The topological polar surface area (TPSA) is 32.3 Å². The maximum atomic E-state index is 13.1. The van der Waals surface area contributed by atoms with E-state index in [4.69, 9.17) is 0 Å². The normalized spacial score (nSPS) is 11.6. The van der Waals surface area contributed by atoms with Gasteiger partial charge in [0.05, 0.1) is 17.8 Å². The summed E-state index contributed by atoms with van der Waals surface area (Å²) in [5.41, 5.74) is -0.513. The van der Waals surface area contributed by atoms with Gasteiger partial charge in [-0.15, -0.1) is 0 Å². The molecule has 1 N–H and O–H groups in total. The van der Waals surface area contributed by atoms with E-state index in [9.17, 15) is 22.4 Å². The molecule has 0 radical (unpaired) electrons. The number of hydrogen-bond acceptors (Lipinski definition) is 2. The van der Waals surface area contributed by atoms with Crippen LogP contribution in [0.4, 0.5) is 23.2 Å². The van der Waals surface area contributed by atoms with Gasteiger partial charge in [-0.2, -0.15) is 13.2 Å². The van der Waals surface area contributed by atoms with Crippen molar-refractivity contribution in [1.82, 2.24) is 4.90 Å². The van der Waals surface area contributed by atoms with Crippen LogP contribution in [0, 0.1) is 5.82 Å². The van der Waals surface area contributed by atoms with Crippen LogP contribution in [0.3, 0.4) is 0 Å². The standard InChI is InChI=1S/C17H16F4N2O/c1-23(10-12-5-4-6-13(18)9-12)11-16(24)22-15-8-3-2-7-14(15)17(19,20)21/h2-9H,10-11H2,1H3,(H,22,24). The summed E-state index contributed by atoms with van der Waals surface area (Å²) in [6.07, 6.45) is -4.54. The number of rotatable bonds is 5. The fourth-order valence-corrected chi connectivity index (χ4v) is 2.28. The highest BCUT2D eigenvalue weighted by molar-refractivity contribution is 5.93. The lowest BCUT2D eigenvalue weighted by molar-refractivity contribution is -0.137. The number of nitrogens with zero attached hydrogens (tertiary/aromatic N) is 1. The second-order valence-corrected chi connectivity index (χ2v) is 5.39. The quantitative estimate of drug-likeness (QED) is 0.837. The summed E-state index contributed by atoms with van der Waals surface area (Å²) in [6, 6.07) is 10.7. The average molecular weight is 340 g/mol. The average Bonchev–Trinajstić information content (AvgIpc) is 2.46. The van der Waals surface area contributed by atoms with E-state index in [1.165, 1.54) is 30.3 Å². The monoisotopic (exact) mass is 340 g/mol. The van der Waals surface area contributed by atoms with Crippen molar-refractivity contribution in [2.45, 2.75) is 12.7 Å². The molecule has 7 heteroatoms. The molecular weight excluding hydrogens is 324 g/mol. The van der Waals surface area contributed by atoms with Gasteiger partial charge in [0.15, 0.2) is 0 Å². The molecule has 2 aromatic carbocycles. The van der Waals surface area contributed by atoms with Crippen LogP contribution in [0.5, 0.6) is 0 Å². The van der Waals surface area contributed by atoms with Gasteiger partial charge in [-0.05, 0) is 36.9 Å². The molecule has 0 atom stereocenters. The van der Waals surface area contributed by atoms with Crippen molar-refractivity contribution in [3.8, 4) is 0 Å². The highest BCUT2D eigenvalue weighted by atomic mass is 19.4. The molecule has 3 nitrogen and oxygen atoms in total. The van der Waals surface area contributed by atoms with Crippen LogP contribution in [-0.2, 0) is 17.5 Å². The third-order valence-corrected chi connectivity index (χ3v) is 3.26. The number of para-hydroxylation sites is 1. The summed E-state index contributed by atoms with van der Waals surface area (Å²) < 4.78 is 51.8. The maximum absolute atomic E-state index is 13.1. The van der Waals surface area contributed by atoms with Crippen LogP contribution >= 0.6 is 0 Å². The Balaban J connectivity index is 1.98. The minimum atomic E-state index is -4.54. The number of alkyl halides is 3. The molecule has 0 aliphatic rings. The Morgan fingerprint density at radius 1 is 1.12 bits per heavy atom. The van der Waals surface area contributed by atoms with E-state index in [1.54, 1.807) is 24.1 Å². The first kappa shape index (κ1) is 17.9. The largest absolute Gasteiger partial charge is 0.418 e. The number of amides is 1. The van der Waals surface area contributed by atoms with E-state index in [1.807, 2.05) is 0 Å². The molecule has 0 aliphatic heterocycles. The van der Waals surface area contributed by atoms with Crippen LogP contribution in [0.2, 0.25) is 0 Å². The maximum Gasteiger partial charge on any atom is 0.418 e. The van der Waals surface area contributed by atoms with Crippen molar-refractivity contribution in [1.29, 1.82) is 0 Å². The molecule has 0 saturated carbocycles. The van der Waals surface area contributed by atoms with Gasteiger partial charge < -0.3 is 5.32 Å². The summed E-state index contributed by atoms with van der Waals surface area (Å²) in [5.74, 6) is -0.963. The van der Waals surface area contributed by atoms with Gasteiger partial charge in [0.2, 0.25) is 5.91 Å². The van der Waals surface area contributed by atoms with E-state index < -0.39 is 17.6 Å². The highest BCUT2D eigenvalue weighted by Gasteiger charge is 2.33. The van der Waals surface area contributed by atoms with Crippen LogP contribution in [-0.4, -0.2) is 24.4 Å². The molecule has 0 heterocycles. The van der Waals surface area contributed by atoms with E-state index in [0.717, 1.165) is 6.07 Å². The Hall–Kier alpha value is -2.41. The lowest BCUT2D eigenvalue weighted by Crippen LogP contribution is -2.30. The number of halogens is 4. The van der Waals surface area contributed by atoms with Crippen LogP contribution < -0.4 is 5.32 Å². The number of carbonyl (C=O) groups is 1. The Morgan fingerprint density at radius 3 is 2.50 bits per heavy atom. The molecule has 2 aromatic rings. The second kappa shape index (κ2) is 7.44. The van der Waals surface area contributed by atoms with Crippen molar-refractivity contribution >= 4 is 11.6 Å². The molecule has 0 saturated heterocycles. The van der Waals surface area contributed by atoms with Crippen molar-refractivity contribution in [3.05, 3.63) is 65.5 Å². The lowest BCUT2D eigenvalue weighted by atomic mass is 10.1. The summed E-state index contributed by atoms with van der Waals surface area (Å²) in [7, 11) is 1.63. The Morgan fingerprint density at radius 2 is 1.83 bits per heavy atom. The molecule has 0 aliphatic carbocycles. The van der Waals surface area contributed by atoms with Crippen molar-refractivity contribution in [2.24, 2.45) is 0 Å². The molecule has 24 heavy (non-hydrogen) atoms. The third-order valence-electron chi connectivity index (χ3n) is 3.26. The smallest absolute Gasteiger partial charge is 0.324 e. The highest BCUT2D eigenvalue weighted by Crippen LogP contribution is 2.34. The number of carbonyl (C=O) groups excluding carboxylic acids is 1. The minimum absolute atomic E-state index is 0.122. The molecule has 0 unspecified atom stereocenters. The molecule has 2 rings (SSSR count). The van der Waals surface area contributed by atoms with E-state index in [-0.39, 0.29) is 18.0 Å². The summed E-state index contributed by atoms with van der Waals surface area (Å²) in [6.45, 7) is 0.175. The van der Waals surface area contributed by atoms with Gasteiger partial charge in [0.1, 0.15) is 5.82 Å². The first-order chi connectivity index (χ1) is 11.3. The summed E-state index contributed by atoms with van der Waals surface area (Å²) >= 11 is 0.